The highest BCUT2D eigenvalue weighted by Gasteiger charge is 2.35. The minimum absolute atomic E-state index is 0.102. The molecule has 1 aliphatic rings. The Hall–Kier alpha value is -1.88. The van der Waals surface area contributed by atoms with Gasteiger partial charge in [-0.2, -0.15) is 0 Å². The summed E-state index contributed by atoms with van der Waals surface area (Å²) in [6, 6.07) is 7.50. The fourth-order valence-corrected chi connectivity index (χ4v) is 2.77. The van der Waals surface area contributed by atoms with E-state index in [4.69, 9.17) is 5.73 Å². The third-order valence-electron chi connectivity index (χ3n) is 4.26. The second-order valence-electron chi connectivity index (χ2n) is 5.94. The van der Waals surface area contributed by atoms with E-state index in [2.05, 4.69) is 10.1 Å². The molecule has 1 aliphatic carbocycles. The summed E-state index contributed by atoms with van der Waals surface area (Å²) in [7, 11) is 1.38. The van der Waals surface area contributed by atoms with Crippen LogP contribution in [0.4, 0.5) is 5.69 Å². The lowest BCUT2D eigenvalue weighted by molar-refractivity contribution is -0.140. The number of amides is 1. The van der Waals surface area contributed by atoms with Crippen molar-refractivity contribution in [1.29, 1.82) is 0 Å². The number of nitrogens with two attached hydrogens (primary N) is 1. The molecule has 0 radical (unpaired) electrons. The molecule has 0 atom stereocenters. The average molecular weight is 304 g/mol. The Bertz CT molecular complexity index is 519. The van der Waals surface area contributed by atoms with Crippen LogP contribution in [0.25, 0.3) is 0 Å². The minimum Gasteiger partial charge on any atom is -0.469 e. The van der Waals surface area contributed by atoms with Crippen LogP contribution in [0.2, 0.25) is 0 Å². The highest BCUT2D eigenvalue weighted by atomic mass is 16.5. The van der Waals surface area contributed by atoms with Crippen LogP contribution in [0.5, 0.6) is 0 Å². The number of ether oxygens (including phenoxy) is 1. The monoisotopic (exact) mass is 304 g/mol. The molecule has 120 valence electrons. The van der Waals surface area contributed by atoms with Crippen LogP contribution < -0.4 is 11.1 Å². The fourth-order valence-electron chi connectivity index (χ4n) is 2.77. The van der Waals surface area contributed by atoms with Gasteiger partial charge in [0.25, 0.3) is 0 Å². The van der Waals surface area contributed by atoms with Gasteiger partial charge < -0.3 is 15.8 Å². The molecule has 0 saturated heterocycles. The van der Waals surface area contributed by atoms with Gasteiger partial charge in [0.15, 0.2) is 0 Å². The molecule has 22 heavy (non-hydrogen) atoms. The summed E-state index contributed by atoms with van der Waals surface area (Å²) in [4.78, 5) is 23.4. The summed E-state index contributed by atoms with van der Waals surface area (Å²) in [6.45, 7) is 0. The van der Waals surface area contributed by atoms with Crippen molar-refractivity contribution in [3.63, 3.8) is 0 Å². The number of aryl methyl sites for hydroxylation is 1. The number of benzene rings is 1. The van der Waals surface area contributed by atoms with Crippen molar-refractivity contribution in [2.75, 3.05) is 12.4 Å². The van der Waals surface area contributed by atoms with Crippen LogP contribution in [0.3, 0.4) is 0 Å². The lowest BCUT2D eigenvalue weighted by atomic mass is 9.82. The van der Waals surface area contributed by atoms with Gasteiger partial charge in [-0.05, 0) is 37.0 Å². The fraction of sp³-hybridized carbons (Fsp3) is 0.529. The number of anilines is 1. The number of rotatable bonds is 5. The van der Waals surface area contributed by atoms with Gasteiger partial charge in [0, 0.05) is 12.1 Å². The van der Waals surface area contributed by atoms with E-state index in [9.17, 15) is 9.59 Å². The van der Waals surface area contributed by atoms with E-state index in [1.54, 1.807) is 0 Å². The van der Waals surface area contributed by atoms with E-state index in [1.807, 2.05) is 24.3 Å². The molecule has 0 bridgehead atoms. The number of esters is 1. The maximum absolute atomic E-state index is 12.3. The van der Waals surface area contributed by atoms with Gasteiger partial charge >= 0.3 is 5.97 Å². The van der Waals surface area contributed by atoms with Crippen LogP contribution in [0.15, 0.2) is 24.3 Å². The van der Waals surface area contributed by atoms with Crippen LogP contribution >= 0.6 is 0 Å². The smallest absolute Gasteiger partial charge is 0.305 e. The van der Waals surface area contributed by atoms with Crippen molar-refractivity contribution >= 4 is 17.6 Å². The SMILES string of the molecule is COC(=O)CCc1ccc(NC(=O)C2(N)CCCCC2)cc1. The van der Waals surface area contributed by atoms with Gasteiger partial charge in [-0.25, -0.2) is 0 Å². The summed E-state index contributed by atoms with van der Waals surface area (Å²) in [5, 5.41) is 2.90. The second-order valence-corrected chi connectivity index (χ2v) is 5.94. The lowest BCUT2D eigenvalue weighted by Crippen LogP contribution is -2.52. The van der Waals surface area contributed by atoms with Crippen LogP contribution in [0.1, 0.15) is 44.1 Å². The number of methoxy groups -OCH3 is 1. The van der Waals surface area contributed by atoms with E-state index in [0.717, 1.165) is 43.4 Å². The molecule has 5 heteroatoms. The Morgan fingerprint density at radius 3 is 2.41 bits per heavy atom. The number of hydrogen-bond donors (Lipinski definition) is 2. The molecule has 0 aliphatic heterocycles. The second kappa shape index (κ2) is 7.40. The zero-order valence-electron chi connectivity index (χ0n) is 13.1. The van der Waals surface area contributed by atoms with Crippen molar-refractivity contribution in [1.82, 2.24) is 0 Å². The summed E-state index contributed by atoms with van der Waals surface area (Å²) in [5.41, 5.74) is 7.25. The molecule has 3 N–H and O–H groups in total. The Kier molecular flexibility index (Phi) is 5.55. The predicted octanol–water partition coefficient (Wildman–Crippen LogP) is 2.39. The average Bonchev–Trinajstić information content (AvgIpc) is 2.54. The summed E-state index contributed by atoms with van der Waals surface area (Å²) >= 11 is 0. The highest BCUT2D eigenvalue weighted by Crippen LogP contribution is 2.27. The van der Waals surface area contributed by atoms with Gasteiger partial charge in [-0.1, -0.05) is 31.4 Å². The Morgan fingerprint density at radius 1 is 1.18 bits per heavy atom. The first-order chi connectivity index (χ1) is 10.5. The molecule has 1 aromatic rings. The summed E-state index contributed by atoms with van der Waals surface area (Å²) < 4.78 is 4.62. The largest absolute Gasteiger partial charge is 0.469 e. The predicted molar refractivity (Wildman–Crippen MR) is 85.4 cm³/mol. The van der Waals surface area contributed by atoms with Crippen LogP contribution in [0, 0.1) is 0 Å². The molecular formula is C17H24N2O3. The molecule has 0 heterocycles. The Balaban J connectivity index is 1.90. The Morgan fingerprint density at radius 2 is 1.82 bits per heavy atom. The molecule has 0 unspecified atom stereocenters. The molecule has 5 nitrogen and oxygen atoms in total. The van der Waals surface area contributed by atoms with E-state index in [1.165, 1.54) is 7.11 Å². The van der Waals surface area contributed by atoms with Gasteiger partial charge in [0.05, 0.1) is 12.6 Å². The van der Waals surface area contributed by atoms with Crippen molar-refractivity contribution in [2.24, 2.45) is 5.73 Å². The number of carbonyl (C=O) groups excluding carboxylic acids is 2. The first kappa shape index (κ1) is 16.5. The van der Waals surface area contributed by atoms with Crippen molar-refractivity contribution in [3.8, 4) is 0 Å². The van der Waals surface area contributed by atoms with Gasteiger partial charge in [-0.15, -0.1) is 0 Å². The topological polar surface area (TPSA) is 81.4 Å². The van der Waals surface area contributed by atoms with E-state index in [-0.39, 0.29) is 11.9 Å². The Labute approximate surface area is 131 Å². The van der Waals surface area contributed by atoms with Crippen molar-refractivity contribution < 1.29 is 14.3 Å². The zero-order valence-corrected chi connectivity index (χ0v) is 13.1. The molecule has 1 fully saturated rings. The zero-order chi connectivity index (χ0) is 16.0. The molecule has 1 aromatic carbocycles. The van der Waals surface area contributed by atoms with Crippen molar-refractivity contribution in [3.05, 3.63) is 29.8 Å². The first-order valence-corrected chi connectivity index (χ1v) is 7.79. The van der Waals surface area contributed by atoms with E-state index in [0.29, 0.717) is 12.8 Å². The molecule has 1 saturated carbocycles. The molecular weight excluding hydrogens is 280 g/mol. The standard InChI is InChI=1S/C17H24N2O3/c1-22-15(20)10-7-13-5-8-14(9-6-13)19-16(21)17(18)11-3-2-4-12-17/h5-6,8-9H,2-4,7,10-12,18H2,1H3,(H,19,21). The summed E-state index contributed by atoms with van der Waals surface area (Å²) in [5.74, 6) is -0.325. The summed E-state index contributed by atoms with van der Waals surface area (Å²) in [6.07, 6.45) is 5.65. The van der Waals surface area contributed by atoms with Gasteiger partial charge in [0.1, 0.15) is 0 Å². The van der Waals surface area contributed by atoms with E-state index >= 15 is 0 Å². The normalized spacial score (nSPS) is 16.8. The third-order valence-corrected chi connectivity index (χ3v) is 4.26. The molecule has 1 amide bonds. The maximum Gasteiger partial charge on any atom is 0.305 e. The number of carbonyl (C=O) groups is 2. The number of hydrogen-bond acceptors (Lipinski definition) is 4. The third kappa shape index (κ3) is 4.31. The first-order valence-electron chi connectivity index (χ1n) is 7.79. The quantitative estimate of drug-likeness (QED) is 0.818. The number of nitrogens with one attached hydrogen (secondary N) is 1. The molecule has 2 rings (SSSR count). The van der Waals surface area contributed by atoms with Gasteiger partial charge in [0.2, 0.25) is 5.91 Å². The van der Waals surface area contributed by atoms with Crippen LogP contribution in [-0.4, -0.2) is 24.5 Å². The van der Waals surface area contributed by atoms with Crippen LogP contribution in [-0.2, 0) is 20.7 Å². The highest BCUT2D eigenvalue weighted by molar-refractivity contribution is 5.98. The molecule has 0 spiro atoms. The maximum atomic E-state index is 12.3. The van der Waals surface area contributed by atoms with Crippen molar-refractivity contribution in [2.45, 2.75) is 50.5 Å². The lowest BCUT2D eigenvalue weighted by Gasteiger charge is -2.31. The molecule has 0 aromatic heterocycles. The van der Waals surface area contributed by atoms with E-state index < -0.39 is 5.54 Å². The minimum atomic E-state index is -0.734. The van der Waals surface area contributed by atoms with Gasteiger partial charge in [-0.3, -0.25) is 9.59 Å².